The fourth-order valence-corrected chi connectivity index (χ4v) is 3.70. The number of benzene rings is 2. The summed E-state index contributed by atoms with van der Waals surface area (Å²) < 4.78 is 11.1. The van der Waals surface area contributed by atoms with Crippen LogP contribution in [0.15, 0.2) is 63.9 Å². The highest BCUT2D eigenvalue weighted by Gasteiger charge is 2.23. The van der Waals surface area contributed by atoms with E-state index in [0.717, 1.165) is 11.1 Å². The molecular weight excluding hydrogens is 420 g/mol. The van der Waals surface area contributed by atoms with E-state index in [1.54, 1.807) is 44.2 Å². The molecule has 2 aromatic carbocycles. The number of fused-ring (bicyclic) bond motifs is 2. The van der Waals surface area contributed by atoms with Crippen molar-refractivity contribution in [2.75, 3.05) is 0 Å². The predicted molar refractivity (Wildman–Crippen MR) is 123 cm³/mol. The molecule has 1 N–H and O–H groups in total. The number of nitrogens with zero attached hydrogens (tertiary/aromatic N) is 3. The molecule has 5 aromatic rings. The number of ether oxygens (including phenoxy) is 1. The highest BCUT2D eigenvalue weighted by Crippen LogP contribution is 2.29. The summed E-state index contributed by atoms with van der Waals surface area (Å²) in [5.41, 5.74) is 3.81. The maximum Gasteiger partial charge on any atom is 0.339 e. The maximum absolute atomic E-state index is 13.2. The van der Waals surface area contributed by atoms with Gasteiger partial charge in [-0.05, 0) is 39.0 Å². The molecule has 0 aliphatic carbocycles. The van der Waals surface area contributed by atoms with Crippen molar-refractivity contribution in [1.82, 2.24) is 20.1 Å². The van der Waals surface area contributed by atoms with Gasteiger partial charge in [-0.1, -0.05) is 47.1 Å². The van der Waals surface area contributed by atoms with Gasteiger partial charge < -0.3 is 14.2 Å². The van der Waals surface area contributed by atoms with Gasteiger partial charge >= 0.3 is 5.97 Å². The first kappa shape index (κ1) is 20.6. The van der Waals surface area contributed by atoms with Gasteiger partial charge in [-0.3, -0.25) is 4.79 Å². The monoisotopic (exact) mass is 440 g/mol. The third kappa shape index (κ3) is 3.76. The molecule has 33 heavy (non-hydrogen) atoms. The lowest BCUT2D eigenvalue weighted by atomic mass is 10.0. The molecule has 0 radical (unpaired) electrons. The smallest absolute Gasteiger partial charge is 0.339 e. The van der Waals surface area contributed by atoms with Crippen LogP contribution in [-0.2, 0) is 4.74 Å². The maximum atomic E-state index is 13.2. The normalized spacial score (nSPS) is 12.2. The Morgan fingerprint density at radius 1 is 1.06 bits per heavy atom. The molecule has 5 rings (SSSR count). The Morgan fingerprint density at radius 3 is 2.61 bits per heavy atom. The summed E-state index contributed by atoms with van der Waals surface area (Å²) in [7, 11) is 0. The highest BCUT2D eigenvalue weighted by molar-refractivity contribution is 6.04. The van der Waals surface area contributed by atoms with E-state index in [-0.39, 0.29) is 22.7 Å². The zero-order valence-corrected chi connectivity index (χ0v) is 18.2. The van der Waals surface area contributed by atoms with E-state index in [2.05, 4.69) is 20.1 Å². The minimum Gasteiger partial charge on any atom is -0.451 e. The number of para-hydroxylation sites is 1. The van der Waals surface area contributed by atoms with E-state index in [1.807, 2.05) is 31.2 Å². The summed E-state index contributed by atoms with van der Waals surface area (Å²) in [5, 5.41) is 4.93. The van der Waals surface area contributed by atoms with Gasteiger partial charge in [0.2, 0.25) is 0 Å². The zero-order chi connectivity index (χ0) is 23.1. The molecule has 3 aromatic heterocycles. The fourth-order valence-electron chi connectivity index (χ4n) is 3.70. The minimum atomic E-state index is -0.791. The topological polar surface area (TPSA) is 111 Å². The quantitative estimate of drug-likeness (QED) is 0.405. The van der Waals surface area contributed by atoms with Crippen molar-refractivity contribution in [3.05, 3.63) is 87.6 Å². The number of rotatable bonds is 4. The van der Waals surface area contributed by atoms with Crippen LogP contribution in [0.1, 0.15) is 40.5 Å². The molecule has 0 fully saturated rings. The Hall–Kier alpha value is -4.33. The number of esters is 1. The average molecular weight is 440 g/mol. The van der Waals surface area contributed by atoms with Crippen LogP contribution in [0.4, 0.5) is 0 Å². The van der Waals surface area contributed by atoms with E-state index < -0.39 is 12.1 Å². The van der Waals surface area contributed by atoms with Gasteiger partial charge in [-0.2, -0.15) is 0 Å². The molecule has 3 heterocycles. The van der Waals surface area contributed by atoms with Crippen molar-refractivity contribution in [2.45, 2.75) is 26.9 Å². The van der Waals surface area contributed by atoms with Gasteiger partial charge in [0.15, 0.2) is 11.9 Å². The number of hydrogen-bond acceptors (Lipinski definition) is 7. The number of pyridine rings is 1. The van der Waals surface area contributed by atoms with Gasteiger partial charge in [-0.25, -0.2) is 14.8 Å². The first-order chi connectivity index (χ1) is 15.9. The lowest BCUT2D eigenvalue weighted by Gasteiger charge is -2.14. The Morgan fingerprint density at radius 2 is 1.82 bits per heavy atom. The summed E-state index contributed by atoms with van der Waals surface area (Å²) in [5.74, 6) is -0.330. The minimum absolute atomic E-state index is 0.252. The number of carbonyl (C=O) groups excluding carboxylic acids is 1. The number of aromatic amines is 1. The largest absolute Gasteiger partial charge is 0.451 e. The van der Waals surface area contributed by atoms with Crippen molar-refractivity contribution >= 4 is 28.0 Å². The number of aromatic nitrogens is 4. The molecule has 0 amide bonds. The lowest BCUT2D eigenvalue weighted by molar-refractivity contribution is 0.0322. The van der Waals surface area contributed by atoms with Crippen molar-refractivity contribution < 1.29 is 14.1 Å². The van der Waals surface area contributed by atoms with E-state index in [9.17, 15) is 9.59 Å². The second-order valence-electron chi connectivity index (χ2n) is 7.89. The molecule has 164 valence electrons. The molecule has 0 saturated heterocycles. The van der Waals surface area contributed by atoms with Crippen LogP contribution in [0.25, 0.3) is 33.3 Å². The second-order valence-corrected chi connectivity index (χ2v) is 7.89. The first-order valence-electron chi connectivity index (χ1n) is 10.4. The van der Waals surface area contributed by atoms with Gasteiger partial charge in [-0.15, -0.1) is 0 Å². The Balaban J connectivity index is 1.53. The molecule has 8 nitrogen and oxygen atoms in total. The van der Waals surface area contributed by atoms with E-state index >= 15 is 0 Å². The van der Waals surface area contributed by atoms with Crippen molar-refractivity contribution in [3.63, 3.8) is 0 Å². The molecule has 1 unspecified atom stereocenters. The van der Waals surface area contributed by atoms with Gasteiger partial charge in [0.1, 0.15) is 0 Å². The third-order valence-corrected chi connectivity index (χ3v) is 5.48. The molecule has 0 aliphatic heterocycles. The molecule has 8 heteroatoms. The average Bonchev–Trinajstić information content (AvgIpc) is 3.19. The van der Waals surface area contributed by atoms with Gasteiger partial charge in [0.25, 0.3) is 11.3 Å². The summed E-state index contributed by atoms with van der Waals surface area (Å²) in [6, 6.07) is 16.4. The summed E-state index contributed by atoms with van der Waals surface area (Å²) in [4.78, 5) is 37.3. The Labute approximate surface area is 188 Å². The van der Waals surface area contributed by atoms with E-state index in [0.29, 0.717) is 27.7 Å². The zero-order valence-electron chi connectivity index (χ0n) is 18.2. The number of carbonyl (C=O) groups is 1. The van der Waals surface area contributed by atoms with Crippen LogP contribution in [0, 0.1) is 13.8 Å². The number of hydrogen-bond donors (Lipinski definition) is 1. The van der Waals surface area contributed by atoms with E-state index in [1.165, 1.54) is 0 Å². The summed E-state index contributed by atoms with van der Waals surface area (Å²) in [6.45, 7) is 5.39. The van der Waals surface area contributed by atoms with Crippen LogP contribution in [0.5, 0.6) is 0 Å². The van der Waals surface area contributed by atoms with Crippen molar-refractivity contribution in [1.29, 1.82) is 0 Å². The summed E-state index contributed by atoms with van der Waals surface area (Å²) in [6.07, 6.45) is -0.791. The van der Waals surface area contributed by atoms with Gasteiger partial charge in [0, 0.05) is 5.56 Å². The standard InChI is InChI=1S/C25H20N4O4/c1-13-8-10-16(11-9-13)20-12-18(21-14(2)29-33-24(21)27-20)25(31)32-15(3)22-26-19-7-5-4-6-17(19)23(30)28-22/h4-12,15H,1-3H3,(H,26,28,30). The van der Waals surface area contributed by atoms with Crippen LogP contribution in [0.2, 0.25) is 0 Å². The van der Waals surface area contributed by atoms with Gasteiger partial charge in [0.05, 0.1) is 33.2 Å². The van der Waals surface area contributed by atoms with Crippen LogP contribution < -0.4 is 5.56 Å². The van der Waals surface area contributed by atoms with Crippen molar-refractivity contribution in [2.24, 2.45) is 0 Å². The third-order valence-electron chi connectivity index (χ3n) is 5.48. The first-order valence-corrected chi connectivity index (χ1v) is 10.4. The van der Waals surface area contributed by atoms with Crippen LogP contribution in [-0.4, -0.2) is 26.1 Å². The molecule has 0 aliphatic rings. The molecule has 1 atom stereocenters. The highest BCUT2D eigenvalue weighted by atomic mass is 16.5. The molecule has 0 bridgehead atoms. The molecular formula is C25H20N4O4. The second kappa shape index (κ2) is 7.98. The van der Waals surface area contributed by atoms with E-state index in [4.69, 9.17) is 9.26 Å². The SMILES string of the molecule is Cc1ccc(-c2cc(C(=O)OC(C)c3nc4ccccc4c(=O)[nH]3)c3c(C)noc3n2)cc1. The Kier molecular flexibility index (Phi) is 4.97. The Bertz CT molecular complexity index is 1570. The number of nitrogens with one attached hydrogen (secondary N) is 1. The molecule has 0 saturated carbocycles. The van der Waals surface area contributed by atoms with Crippen LogP contribution in [0.3, 0.4) is 0 Å². The fraction of sp³-hybridized carbons (Fsp3) is 0.160. The summed E-state index contributed by atoms with van der Waals surface area (Å²) >= 11 is 0. The van der Waals surface area contributed by atoms with Crippen molar-refractivity contribution in [3.8, 4) is 11.3 Å². The number of aryl methyl sites for hydroxylation is 2. The predicted octanol–water partition coefficient (Wildman–Crippen LogP) is 4.66. The van der Waals surface area contributed by atoms with Crippen LogP contribution >= 0.6 is 0 Å². The number of H-pyrrole nitrogens is 1. The lowest BCUT2D eigenvalue weighted by Crippen LogP contribution is -2.17. The molecule has 0 spiro atoms.